The SMILES string of the molecule is CC(O)(C1=CCCCCC1)c1cc2ccccc2s1. The van der Waals surface area contributed by atoms with Gasteiger partial charge in [0.2, 0.25) is 0 Å². The molecule has 3 rings (SSSR count). The van der Waals surface area contributed by atoms with Gasteiger partial charge in [0.1, 0.15) is 5.60 Å². The van der Waals surface area contributed by atoms with E-state index >= 15 is 0 Å². The molecule has 1 N–H and O–H groups in total. The third-order valence-electron chi connectivity index (χ3n) is 4.07. The van der Waals surface area contributed by atoms with Crippen LogP contribution in [-0.4, -0.2) is 5.11 Å². The molecule has 0 radical (unpaired) electrons. The molecule has 1 aliphatic rings. The molecular weight excluding hydrogens is 252 g/mol. The molecule has 0 fully saturated rings. The van der Waals surface area contributed by atoms with Crippen LogP contribution < -0.4 is 0 Å². The Bertz CT molecular complexity index is 574. The van der Waals surface area contributed by atoms with E-state index in [0.29, 0.717) is 0 Å². The molecular formula is C17H20OS. The van der Waals surface area contributed by atoms with Crippen LogP contribution in [0, 0.1) is 0 Å². The second-order valence-corrected chi connectivity index (χ2v) is 6.63. The Balaban J connectivity index is 2.00. The van der Waals surface area contributed by atoms with Crippen molar-refractivity contribution in [2.24, 2.45) is 0 Å². The zero-order valence-electron chi connectivity index (χ0n) is 11.4. The predicted molar refractivity (Wildman–Crippen MR) is 82.6 cm³/mol. The number of allylic oxidation sites excluding steroid dienone is 1. The summed E-state index contributed by atoms with van der Waals surface area (Å²) in [6.45, 7) is 1.95. The number of benzene rings is 1. The Kier molecular flexibility index (Phi) is 3.46. The molecule has 100 valence electrons. The van der Waals surface area contributed by atoms with E-state index in [0.717, 1.165) is 17.7 Å². The first kappa shape index (κ1) is 12.9. The zero-order chi connectivity index (χ0) is 13.3. The third-order valence-corrected chi connectivity index (χ3v) is 5.40. The maximum absolute atomic E-state index is 11.0. The van der Waals surface area contributed by atoms with Gasteiger partial charge in [0.15, 0.2) is 0 Å². The van der Waals surface area contributed by atoms with Gasteiger partial charge in [0.25, 0.3) is 0 Å². The molecule has 0 amide bonds. The lowest BCUT2D eigenvalue weighted by molar-refractivity contribution is 0.0971. The van der Waals surface area contributed by atoms with Crippen LogP contribution in [0.25, 0.3) is 10.1 Å². The second kappa shape index (κ2) is 5.10. The summed E-state index contributed by atoms with van der Waals surface area (Å²) >= 11 is 1.71. The van der Waals surface area contributed by atoms with Gasteiger partial charge in [-0.05, 0) is 55.7 Å². The van der Waals surface area contributed by atoms with Gasteiger partial charge in [0, 0.05) is 9.58 Å². The molecule has 1 aromatic heterocycles. The molecule has 0 spiro atoms. The predicted octanol–water partition coefficient (Wildman–Crippen LogP) is 5.00. The zero-order valence-corrected chi connectivity index (χ0v) is 12.2. The van der Waals surface area contributed by atoms with E-state index in [4.69, 9.17) is 0 Å². The number of hydrogen-bond acceptors (Lipinski definition) is 2. The number of thiophene rings is 1. The molecule has 0 saturated carbocycles. The van der Waals surface area contributed by atoms with Crippen LogP contribution in [0.2, 0.25) is 0 Å². The first-order valence-corrected chi connectivity index (χ1v) is 7.90. The number of hydrogen-bond donors (Lipinski definition) is 1. The molecule has 1 nitrogen and oxygen atoms in total. The lowest BCUT2D eigenvalue weighted by Crippen LogP contribution is -2.22. The van der Waals surface area contributed by atoms with Crippen molar-refractivity contribution in [1.82, 2.24) is 0 Å². The largest absolute Gasteiger partial charge is 0.380 e. The van der Waals surface area contributed by atoms with Gasteiger partial charge in [-0.25, -0.2) is 0 Å². The summed E-state index contributed by atoms with van der Waals surface area (Å²) in [4.78, 5) is 1.07. The molecule has 0 bridgehead atoms. The highest BCUT2D eigenvalue weighted by molar-refractivity contribution is 7.19. The summed E-state index contributed by atoms with van der Waals surface area (Å²) in [6.07, 6.45) is 8.14. The Morgan fingerprint density at radius 1 is 1.16 bits per heavy atom. The lowest BCUT2D eigenvalue weighted by atomic mass is 9.90. The van der Waals surface area contributed by atoms with Gasteiger partial charge < -0.3 is 5.11 Å². The quantitative estimate of drug-likeness (QED) is 0.763. The summed E-state index contributed by atoms with van der Waals surface area (Å²) in [6, 6.07) is 10.5. The molecule has 19 heavy (non-hydrogen) atoms. The Hall–Kier alpha value is -1.12. The van der Waals surface area contributed by atoms with E-state index in [2.05, 4.69) is 36.4 Å². The fraction of sp³-hybridized carbons (Fsp3) is 0.412. The van der Waals surface area contributed by atoms with Crippen LogP contribution in [0.1, 0.15) is 43.9 Å². The van der Waals surface area contributed by atoms with Gasteiger partial charge in [-0.3, -0.25) is 0 Å². The third kappa shape index (κ3) is 2.47. The monoisotopic (exact) mass is 272 g/mol. The highest BCUT2D eigenvalue weighted by Gasteiger charge is 2.30. The minimum Gasteiger partial charge on any atom is -0.380 e. The average Bonchev–Trinajstić information content (AvgIpc) is 2.65. The highest BCUT2D eigenvalue weighted by Crippen LogP contribution is 2.40. The molecule has 1 atom stereocenters. The van der Waals surface area contributed by atoms with Gasteiger partial charge >= 0.3 is 0 Å². The molecule has 2 heteroatoms. The van der Waals surface area contributed by atoms with Gasteiger partial charge in [-0.15, -0.1) is 11.3 Å². The van der Waals surface area contributed by atoms with E-state index in [1.54, 1.807) is 11.3 Å². The first-order valence-electron chi connectivity index (χ1n) is 7.09. The topological polar surface area (TPSA) is 20.2 Å². The smallest absolute Gasteiger partial charge is 0.117 e. The standard InChI is InChI=1S/C17H20OS/c1-17(18,14-9-4-2-3-5-10-14)16-12-13-8-6-7-11-15(13)19-16/h6-9,11-12,18H,2-5,10H2,1H3. The van der Waals surface area contributed by atoms with E-state index in [1.807, 2.05) is 6.92 Å². The maximum atomic E-state index is 11.0. The fourth-order valence-corrected chi connectivity index (χ4v) is 3.98. The Morgan fingerprint density at radius 3 is 2.84 bits per heavy atom. The molecule has 1 unspecified atom stereocenters. The van der Waals surface area contributed by atoms with Crippen molar-refractivity contribution in [3.63, 3.8) is 0 Å². The van der Waals surface area contributed by atoms with Crippen LogP contribution in [0.5, 0.6) is 0 Å². The van der Waals surface area contributed by atoms with E-state index < -0.39 is 5.60 Å². The fourth-order valence-electron chi connectivity index (χ4n) is 2.84. The van der Waals surface area contributed by atoms with Gasteiger partial charge in [-0.1, -0.05) is 30.7 Å². The summed E-state index contributed by atoms with van der Waals surface area (Å²) in [7, 11) is 0. The highest BCUT2D eigenvalue weighted by atomic mass is 32.1. The normalized spacial score (nSPS) is 19.8. The molecule has 1 heterocycles. The number of aliphatic hydroxyl groups is 1. The van der Waals surface area contributed by atoms with Gasteiger partial charge in [0.05, 0.1) is 0 Å². The van der Waals surface area contributed by atoms with Crippen molar-refractivity contribution in [2.45, 2.75) is 44.6 Å². The minimum absolute atomic E-state index is 0.798. The van der Waals surface area contributed by atoms with E-state index in [-0.39, 0.29) is 0 Å². The Labute approximate surface area is 118 Å². The van der Waals surface area contributed by atoms with Crippen molar-refractivity contribution in [3.8, 4) is 0 Å². The van der Waals surface area contributed by atoms with Crippen molar-refractivity contribution in [3.05, 3.63) is 46.9 Å². The molecule has 1 aliphatic carbocycles. The summed E-state index contributed by atoms with van der Waals surface area (Å²) in [5.74, 6) is 0. The molecule has 1 aromatic carbocycles. The van der Waals surface area contributed by atoms with Crippen molar-refractivity contribution in [2.75, 3.05) is 0 Å². The molecule has 0 aliphatic heterocycles. The summed E-state index contributed by atoms with van der Waals surface area (Å²) in [5, 5.41) is 12.2. The summed E-state index contributed by atoms with van der Waals surface area (Å²) in [5.41, 5.74) is 0.408. The van der Waals surface area contributed by atoms with Gasteiger partial charge in [-0.2, -0.15) is 0 Å². The maximum Gasteiger partial charge on any atom is 0.117 e. The van der Waals surface area contributed by atoms with Crippen molar-refractivity contribution >= 4 is 21.4 Å². The van der Waals surface area contributed by atoms with E-state index in [1.165, 1.54) is 34.9 Å². The van der Waals surface area contributed by atoms with Crippen molar-refractivity contribution in [1.29, 1.82) is 0 Å². The average molecular weight is 272 g/mol. The molecule has 0 saturated heterocycles. The lowest BCUT2D eigenvalue weighted by Gasteiger charge is -2.25. The molecule has 2 aromatic rings. The van der Waals surface area contributed by atoms with Crippen LogP contribution in [-0.2, 0) is 5.60 Å². The second-order valence-electron chi connectivity index (χ2n) is 5.55. The van der Waals surface area contributed by atoms with Crippen LogP contribution in [0.15, 0.2) is 42.0 Å². The minimum atomic E-state index is -0.798. The number of fused-ring (bicyclic) bond motifs is 1. The van der Waals surface area contributed by atoms with Crippen LogP contribution in [0.4, 0.5) is 0 Å². The van der Waals surface area contributed by atoms with Crippen molar-refractivity contribution < 1.29 is 5.11 Å². The van der Waals surface area contributed by atoms with Crippen LogP contribution >= 0.6 is 11.3 Å². The van der Waals surface area contributed by atoms with Crippen LogP contribution in [0.3, 0.4) is 0 Å². The Morgan fingerprint density at radius 2 is 2.00 bits per heavy atom. The van der Waals surface area contributed by atoms with E-state index in [9.17, 15) is 5.11 Å². The summed E-state index contributed by atoms with van der Waals surface area (Å²) < 4.78 is 1.26. The first-order chi connectivity index (χ1) is 9.18. The number of rotatable bonds is 2.